The van der Waals surface area contributed by atoms with Crippen molar-refractivity contribution in [3.63, 3.8) is 0 Å². The molecule has 0 aliphatic heterocycles. The summed E-state index contributed by atoms with van der Waals surface area (Å²) in [6, 6.07) is 4.96. The lowest BCUT2D eigenvalue weighted by Gasteiger charge is -2.17. The molecule has 0 saturated heterocycles. The van der Waals surface area contributed by atoms with Crippen LogP contribution in [0.1, 0.15) is 35.2 Å². The van der Waals surface area contributed by atoms with Crippen molar-refractivity contribution in [2.24, 2.45) is 4.99 Å². The number of carbonyl (C=O) groups excluding carboxylic acids is 1. The summed E-state index contributed by atoms with van der Waals surface area (Å²) in [7, 11) is 1.74. The number of amides is 1. The van der Waals surface area contributed by atoms with Crippen molar-refractivity contribution in [3.8, 4) is 0 Å². The number of guanidine groups is 1. The average Bonchev–Trinajstić information content (AvgIpc) is 3.07. The topological polar surface area (TPSA) is 65.5 Å². The molecule has 25 heavy (non-hydrogen) atoms. The quantitative estimate of drug-likeness (QED) is 0.411. The van der Waals surface area contributed by atoms with Crippen molar-refractivity contribution >= 4 is 23.6 Å². The predicted molar refractivity (Wildman–Crippen MR) is 103 cm³/mol. The molecule has 1 fully saturated rings. The lowest BCUT2D eigenvalue weighted by atomic mass is 10.1. The Kier molecular flexibility index (Phi) is 7.55. The van der Waals surface area contributed by atoms with Crippen LogP contribution in [-0.2, 0) is 0 Å². The summed E-state index contributed by atoms with van der Waals surface area (Å²) in [5, 5.41) is 10.1. The van der Waals surface area contributed by atoms with E-state index in [4.69, 9.17) is 0 Å². The van der Waals surface area contributed by atoms with Crippen LogP contribution in [0.4, 0.5) is 4.39 Å². The molecule has 3 N–H and O–H groups in total. The molecule has 1 aromatic carbocycles. The van der Waals surface area contributed by atoms with Crippen molar-refractivity contribution in [3.05, 3.63) is 35.1 Å². The van der Waals surface area contributed by atoms with Crippen LogP contribution in [-0.4, -0.2) is 49.6 Å². The van der Waals surface area contributed by atoms with Crippen LogP contribution in [0, 0.1) is 12.7 Å². The lowest BCUT2D eigenvalue weighted by molar-refractivity contribution is 0.0954. The first-order valence-electron chi connectivity index (χ1n) is 8.57. The first-order valence-corrected chi connectivity index (χ1v) is 9.86. The minimum atomic E-state index is -0.365. The second-order valence-electron chi connectivity index (χ2n) is 6.23. The molecule has 7 heteroatoms. The van der Waals surface area contributed by atoms with Gasteiger partial charge in [0.05, 0.1) is 0 Å². The molecule has 5 nitrogen and oxygen atoms in total. The Labute approximate surface area is 153 Å². The predicted octanol–water partition coefficient (Wildman–Crippen LogP) is 2.31. The zero-order chi connectivity index (χ0) is 18.2. The molecule has 1 saturated carbocycles. The zero-order valence-corrected chi connectivity index (χ0v) is 15.9. The molecule has 2 rings (SSSR count). The molecule has 0 aromatic heterocycles. The number of aryl methyl sites for hydroxylation is 1. The summed E-state index contributed by atoms with van der Waals surface area (Å²) in [5.74, 6) is 0.111. The number of carbonyl (C=O) groups is 1. The number of aliphatic imine (C=N–C) groups is 1. The molecule has 2 atom stereocenters. The summed E-state index contributed by atoms with van der Waals surface area (Å²) in [6.07, 6.45) is 5.70. The highest BCUT2D eigenvalue weighted by Gasteiger charge is 2.24. The molecule has 0 radical (unpaired) electrons. The highest BCUT2D eigenvalue weighted by Crippen LogP contribution is 2.27. The van der Waals surface area contributed by atoms with E-state index >= 15 is 0 Å². The average molecular weight is 367 g/mol. The summed E-state index contributed by atoms with van der Waals surface area (Å²) < 4.78 is 13.5. The molecule has 0 bridgehead atoms. The van der Waals surface area contributed by atoms with Crippen LogP contribution in [0.5, 0.6) is 0 Å². The Morgan fingerprint density at radius 2 is 2.08 bits per heavy atom. The molecule has 138 valence electrons. The SMILES string of the molecule is CN=C(NCCNC(=O)c1ccc(C)c(F)c1)NC1CCC(SC)C1. The summed E-state index contributed by atoms with van der Waals surface area (Å²) in [6.45, 7) is 2.66. The van der Waals surface area contributed by atoms with E-state index in [0.29, 0.717) is 30.3 Å². The fraction of sp³-hybridized carbons (Fsp3) is 0.556. The monoisotopic (exact) mass is 366 g/mol. The van der Waals surface area contributed by atoms with Gasteiger partial charge in [-0.05, 0) is 50.1 Å². The van der Waals surface area contributed by atoms with Gasteiger partial charge in [-0.25, -0.2) is 4.39 Å². The second-order valence-corrected chi connectivity index (χ2v) is 7.37. The van der Waals surface area contributed by atoms with Gasteiger partial charge in [0.15, 0.2) is 5.96 Å². The van der Waals surface area contributed by atoms with Crippen LogP contribution in [0.3, 0.4) is 0 Å². The van der Waals surface area contributed by atoms with Gasteiger partial charge in [-0.1, -0.05) is 6.07 Å². The van der Waals surface area contributed by atoms with Crippen molar-refractivity contribution < 1.29 is 9.18 Å². The first kappa shape index (κ1) is 19.6. The van der Waals surface area contributed by atoms with Gasteiger partial charge in [0.2, 0.25) is 0 Å². The van der Waals surface area contributed by atoms with Gasteiger partial charge in [-0.2, -0.15) is 11.8 Å². The van der Waals surface area contributed by atoms with Gasteiger partial charge in [0, 0.05) is 37.0 Å². The smallest absolute Gasteiger partial charge is 0.251 e. The minimum absolute atomic E-state index is 0.276. The molecular formula is C18H27FN4OS. The summed E-state index contributed by atoms with van der Waals surface area (Å²) >= 11 is 1.92. The van der Waals surface area contributed by atoms with Crippen LogP contribution in [0.2, 0.25) is 0 Å². The Balaban J connectivity index is 1.70. The van der Waals surface area contributed by atoms with Gasteiger partial charge in [-0.15, -0.1) is 0 Å². The molecule has 1 aliphatic carbocycles. The van der Waals surface area contributed by atoms with E-state index in [2.05, 4.69) is 27.2 Å². The zero-order valence-electron chi connectivity index (χ0n) is 15.1. The van der Waals surface area contributed by atoms with E-state index in [1.165, 1.54) is 12.5 Å². The maximum atomic E-state index is 13.5. The van der Waals surface area contributed by atoms with Crippen LogP contribution >= 0.6 is 11.8 Å². The summed E-state index contributed by atoms with van der Waals surface area (Å²) in [4.78, 5) is 16.2. The fourth-order valence-corrected chi connectivity index (χ4v) is 3.66. The lowest BCUT2D eigenvalue weighted by Crippen LogP contribution is -2.45. The number of benzene rings is 1. The van der Waals surface area contributed by atoms with Crippen molar-refractivity contribution in [1.29, 1.82) is 0 Å². The van der Waals surface area contributed by atoms with Crippen LogP contribution in [0.15, 0.2) is 23.2 Å². The van der Waals surface area contributed by atoms with E-state index in [9.17, 15) is 9.18 Å². The van der Waals surface area contributed by atoms with Gasteiger partial charge < -0.3 is 16.0 Å². The van der Waals surface area contributed by atoms with E-state index in [-0.39, 0.29) is 11.7 Å². The Hall–Kier alpha value is -1.76. The van der Waals surface area contributed by atoms with Gasteiger partial charge in [-0.3, -0.25) is 9.79 Å². The third kappa shape index (κ3) is 5.92. The highest BCUT2D eigenvalue weighted by atomic mass is 32.2. The standard InChI is InChI=1S/C18H27FN4OS/c1-12-4-5-13(10-16(12)19)17(24)21-8-9-22-18(20-2)23-14-6-7-15(11-14)25-3/h4-5,10,14-15H,6-9,11H2,1-3H3,(H,21,24)(H2,20,22,23). The van der Waals surface area contributed by atoms with Crippen molar-refractivity contribution in [2.45, 2.75) is 37.5 Å². The van der Waals surface area contributed by atoms with Crippen molar-refractivity contribution in [2.75, 3.05) is 26.4 Å². The Morgan fingerprint density at radius 1 is 1.32 bits per heavy atom. The molecule has 1 aliphatic rings. The molecule has 0 spiro atoms. The Bertz CT molecular complexity index is 623. The maximum absolute atomic E-state index is 13.5. The third-order valence-electron chi connectivity index (χ3n) is 4.42. The Morgan fingerprint density at radius 3 is 2.72 bits per heavy atom. The van der Waals surface area contributed by atoms with E-state index in [1.54, 1.807) is 26.1 Å². The van der Waals surface area contributed by atoms with E-state index < -0.39 is 0 Å². The number of hydrogen-bond acceptors (Lipinski definition) is 3. The first-order chi connectivity index (χ1) is 12.0. The molecule has 1 amide bonds. The number of nitrogens with zero attached hydrogens (tertiary/aromatic N) is 1. The largest absolute Gasteiger partial charge is 0.355 e. The highest BCUT2D eigenvalue weighted by molar-refractivity contribution is 7.99. The normalized spacial score (nSPS) is 20.4. The fourth-order valence-electron chi connectivity index (χ4n) is 2.87. The molecule has 0 heterocycles. The van der Waals surface area contributed by atoms with Crippen molar-refractivity contribution in [1.82, 2.24) is 16.0 Å². The maximum Gasteiger partial charge on any atom is 0.251 e. The molecule has 2 unspecified atom stereocenters. The van der Waals surface area contributed by atoms with Gasteiger partial charge in [0.25, 0.3) is 5.91 Å². The van der Waals surface area contributed by atoms with Crippen LogP contribution in [0.25, 0.3) is 0 Å². The third-order valence-corrected chi connectivity index (χ3v) is 5.51. The van der Waals surface area contributed by atoms with Gasteiger partial charge >= 0.3 is 0 Å². The molecule has 1 aromatic rings. The number of hydrogen-bond donors (Lipinski definition) is 3. The number of halogens is 1. The number of rotatable bonds is 6. The van der Waals surface area contributed by atoms with Gasteiger partial charge in [0.1, 0.15) is 5.82 Å². The van der Waals surface area contributed by atoms with E-state index in [1.807, 2.05) is 11.8 Å². The van der Waals surface area contributed by atoms with E-state index in [0.717, 1.165) is 24.1 Å². The number of nitrogens with one attached hydrogen (secondary N) is 3. The second kappa shape index (κ2) is 9.65. The minimum Gasteiger partial charge on any atom is -0.355 e. The number of thioether (sulfide) groups is 1. The molecular weight excluding hydrogens is 339 g/mol. The van der Waals surface area contributed by atoms with Crippen LogP contribution < -0.4 is 16.0 Å². The summed E-state index contributed by atoms with van der Waals surface area (Å²) in [5.41, 5.74) is 0.864.